The molecule has 0 atom stereocenters. The van der Waals surface area contributed by atoms with Crippen LogP contribution in [0.5, 0.6) is 0 Å². The lowest BCUT2D eigenvalue weighted by atomic mass is 9.94. The van der Waals surface area contributed by atoms with Gasteiger partial charge in [-0.05, 0) is 37.0 Å². The number of carbonyl (C=O) groups is 1. The van der Waals surface area contributed by atoms with Crippen LogP contribution in [0, 0.1) is 5.92 Å². The number of nitrogens with zero attached hydrogens (tertiary/aromatic N) is 3. The molecule has 1 aromatic heterocycles. The van der Waals surface area contributed by atoms with Gasteiger partial charge in [-0.15, -0.1) is 0 Å². The molecule has 5 nitrogen and oxygen atoms in total. The lowest BCUT2D eigenvalue weighted by molar-refractivity contribution is 0.0697. The van der Waals surface area contributed by atoms with Crippen LogP contribution in [0.2, 0.25) is 0 Å². The van der Waals surface area contributed by atoms with E-state index in [4.69, 9.17) is 5.11 Å². The molecule has 0 unspecified atom stereocenters. The number of carboxylic acids is 1. The van der Waals surface area contributed by atoms with Crippen molar-refractivity contribution in [3.63, 3.8) is 0 Å². The molecule has 3 rings (SSSR count). The number of benzene rings is 1. The first-order valence-electron chi connectivity index (χ1n) is 7.42. The molecule has 1 saturated heterocycles. The van der Waals surface area contributed by atoms with E-state index in [1.807, 2.05) is 6.07 Å². The number of anilines is 1. The van der Waals surface area contributed by atoms with Gasteiger partial charge in [-0.1, -0.05) is 13.3 Å². The smallest absolute Gasteiger partial charge is 0.335 e. The minimum Gasteiger partial charge on any atom is -0.478 e. The Bertz CT molecular complexity index is 664. The fourth-order valence-electron chi connectivity index (χ4n) is 2.98. The van der Waals surface area contributed by atoms with Gasteiger partial charge in [-0.2, -0.15) is 0 Å². The highest BCUT2D eigenvalue weighted by Gasteiger charge is 2.20. The largest absolute Gasteiger partial charge is 0.478 e. The van der Waals surface area contributed by atoms with Gasteiger partial charge in [0.25, 0.3) is 0 Å². The van der Waals surface area contributed by atoms with Crippen LogP contribution in [0.1, 0.15) is 36.5 Å². The predicted molar refractivity (Wildman–Crippen MR) is 81.7 cm³/mol. The summed E-state index contributed by atoms with van der Waals surface area (Å²) in [5.41, 5.74) is 0.953. The first-order chi connectivity index (χ1) is 10.2. The Morgan fingerprint density at radius 1 is 1.33 bits per heavy atom. The van der Waals surface area contributed by atoms with E-state index in [1.54, 1.807) is 12.1 Å². The third-order valence-corrected chi connectivity index (χ3v) is 4.35. The summed E-state index contributed by atoms with van der Waals surface area (Å²) >= 11 is 0. The molecular formula is C16H19N3O2. The Morgan fingerprint density at radius 2 is 2.10 bits per heavy atom. The normalized spacial score (nSPS) is 16.3. The highest BCUT2D eigenvalue weighted by Crippen LogP contribution is 2.28. The van der Waals surface area contributed by atoms with E-state index >= 15 is 0 Å². The molecule has 1 fully saturated rings. The Hall–Kier alpha value is -2.17. The first kappa shape index (κ1) is 13.8. The maximum atomic E-state index is 11.0. The van der Waals surface area contributed by atoms with Gasteiger partial charge in [0.1, 0.15) is 12.1 Å². The molecule has 0 bridgehead atoms. The second kappa shape index (κ2) is 5.68. The summed E-state index contributed by atoms with van der Waals surface area (Å²) in [7, 11) is 0. The molecule has 0 radical (unpaired) electrons. The molecule has 1 aliphatic heterocycles. The molecule has 0 aliphatic carbocycles. The van der Waals surface area contributed by atoms with Crippen molar-refractivity contribution >= 4 is 22.7 Å². The Balaban J connectivity index is 1.94. The summed E-state index contributed by atoms with van der Waals surface area (Å²) in [6.45, 7) is 4.25. The van der Waals surface area contributed by atoms with E-state index in [0.29, 0.717) is 5.52 Å². The van der Waals surface area contributed by atoms with Crippen molar-refractivity contribution in [2.45, 2.75) is 26.2 Å². The Labute approximate surface area is 123 Å². The Kier molecular flexibility index (Phi) is 3.73. The number of aromatic carboxylic acids is 1. The van der Waals surface area contributed by atoms with Crippen molar-refractivity contribution in [3.05, 3.63) is 30.1 Å². The maximum absolute atomic E-state index is 11.0. The molecule has 21 heavy (non-hydrogen) atoms. The van der Waals surface area contributed by atoms with E-state index in [1.165, 1.54) is 25.6 Å². The second-order valence-corrected chi connectivity index (χ2v) is 5.57. The van der Waals surface area contributed by atoms with Crippen molar-refractivity contribution in [3.8, 4) is 0 Å². The molecule has 2 heterocycles. The average molecular weight is 285 g/mol. The summed E-state index contributed by atoms with van der Waals surface area (Å²) in [4.78, 5) is 22.0. The standard InChI is InChI=1S/C16H19N3O2/c1-2-11-5-7-19(8-6-11)15-13-4-3-12(16(20)21)9-14(13)17-10-18-15/h3-4,9-11H,2,5-8H2,1H3,(H,20,21). The molecule has 0 amide bonds. The van der Waals surface area contributed by atoms with Gasteiger partial charge in [0.2, 0.25) is 0 Å². The molecule has 0 spiro atoms. The van der Waals surface area contributed by atoms with Crippen LogP contribution in [0.25, 0.3) is 10.9 Å². The topological polar surface area (TPSA) is 66.3 Å². The van der Waals surface area contributed by atoms with Crippen LogP contribution in [0.4, 0.5) is 5.82 Å². The fourth-order valence-corrected chi connectivity index (χ4v) is 2.98. The zero-order valence-corrected chi connectivity index (χ0v) is 12.1. The highest BCUT2D eigenvalue weighted by atomic mass is 16.4. The van der Waals surface area contributed by atoms with Crippen LogP contribution >= 0.6 is 0 Å². The summed E-state index contributed by atoms with van der Waals surface area (Å²) in [6.07, 6.45) is 5.14. The van der Waals surface area contributed by atoms with Gasteiger partial charge in [0, 0.05) is 18.5 Å². The maximum Gasteiger partial charge on any atom is 0.335 e. The minimum atomic E-state index is -0.930. The third kappa shape index (κ3) is 2.68. The second-order valence-electron chi connectivity index (χ2n) is 5.57. The zero-order valence-electron chi connectivity index (χ0n) is 12.1. The first-order valence-corrected chi connectivity index (χ1v) is 7.42. The average Bonchev–Trinajstić information content (AvgIpc) is 2.54. The van der Waals surface area contributed by atoms with E-state index in [2.05, 4.69) is 21.8 Å². The van der Waals surface area contributed by atoms with E-state index in [0.717, 1.165) is 30.2 Å². The lowest BCUT2D eigenvalue weighted by Crippen LogP contribution is -2.34. The number of carboxylic acid groups (broad SMARTS) is 1. The summed E-state index contributed by atoms with van der Waals surface area (Å²) in [5, 5.41) is 9.99. The van der Waals surface area contributed by atoms with Gasteiger partial charge in [-0.3, -0.25) is 0 Å². The van der Waals surface area contributed by atoms with E-state index < -0.39 is 5.97 Å². The fraction of sp³-hybridized carbons (Fsp3) is 0.438. The molecule has 2 aromatic rings. The molecule has 1 aromatic carbocycles. The lowest BCUT2D eigenvalue weighted by Gasteiger charge is -2.32. The number of hydrogen-bond acceptors (Lipinski definition) is 4. The zero-order chi connectivity index (χ0) is 14.8. The molecule has 0 saturated carbocycles. The molecule has 1 aliphatic rings. The van der Waals surface area contributed by atoms with Crippen LogP contribution in [-0.2, 0) is 0 Å². The van der Waals surface area contributed by atoms with Crippen molar-refractivity contribution in [1.82, 2.24) is 9.97 Å². The summed E-state index contributed by atoms with van der Waals surface area (Å²) in [5.74, 6) is 0.806. The van der Waals surface area contributed by atoms with Gasteiger partial charge in [0.05, 0.1) is 11.1 Å². The van der Waals surface area contributed by atoms with Gasteiger partial charge in [-0.25, -0.2) is 14.8 Å². The number of fused-ring (bicyclic) bond motifs is 1. The molecule has 1 N–H and O–H groups in total. The number of hydrogen-bond donors (Lipinski definition) is 1. The van der Waals surface area contributed by atoms with Crippen molar-refractivity contribution in [1.29, 1.82) is 0 Å². The van der Waals surface area contributed by atoms with Crippen molar-refractivity contribution in [2.75, 3.05) is 18.0 Å². The molecule has 5 heteroatoms. The van der Waals surface area contributed by atoms with Crippen LogP contribution in [0.3, 0.4) is 0 Å². The number of aromatic nitrogens is 2. The number of piperidine rings is 1. The summed E-state index contributed by atoms with van der Waals surface area (Å²) in [6, 6.07) is 5.05. The predicted octanol–water partition coefficient (Wildman–Crippen LogP) is 2.95. The van der Waals surface area contributed by atoms with Crippen LogP contribution in [-0.4, -0.2) is 34.1 Å². The molecular weight excluding hydrogens is 266 g/mol. The van der Waals surface area contributed by atoms with Gasteiger partial charge >= 0.3 is 5.97 Å². The van der Waals surface area contributed by atoms with E-state index in [-0.39, 0.29) is 5.56 Å². The summed E-state index contributed by atoms with van der Waals surface area (Å²) < 4.78 is 0. The molecule has 110 valence electrons. The van der Waals surface area contributed by atoms with E-state index in [9.17, 15) is 4.79 Å². The van der Waals surface area contributed by atoms with Crippen molar-refractivity contribution in [2.24, 2.45) is 5.92 Å². The monoisotopic (exact) mass is 285 g/mol. The van der Waals surface area contributed by atoms with Crippen molar-refractivity contribution < 1.29 is 9.90 Å². The SMILES string of the molecule is CCC1CCN(c2ncnc3cc(C(=O)O)ccc23)CC1. The number of rotatable bonds is 3. The van der Waals surface area contributed by atoms with Gasteiger partial charge < -0.3 is 10.0 Å². The van der Waals surface area contributed by atoms with Gasteiger partial charge in [0.15, 0.2) is 0 Å². The van der Waals surface area contributed by atoms with Crippen LogP contribution < -0.4 is 4.90 Å². The highest BCUT2D eigenvalue weighted by molar-refractivity contribution is 5.96. The Morgan fingerprint density at radius 3 is 2.76 bits per heavy atom. The third-order valence-electron chi connectivity index (χ3n) is 4.35. The minimum absolute atomic E-state index is 0.261. The quantitative estimate of drug-likeness (QED) is 0.939. The van der Waals surface area contributed by atoms with Crippen LogP contribution in [0.15, 0.2) is 24.5 Å².